The average molecular weight is 362 g/mol. The molecule has 0 saturated heterocycles. The van der Waals surface area contributed by atoms with Gasteiger partial charge in [-0.15, -0.1) is 0 Å². The zero-order valence-corrected chi connectivity index (χ0v) is 15.3. The van der Waals surface area contributed by atoms with Crippen LogP contribution in [0.3, 0.4) is 0 Å². The van der Waals surface area contributed by atoms with Gasteiger partial charge in [-0.05, 0) is 49.2 Å². The Kier molecular flexibility index (Phi) is 6.03. The molecule has 0 unspecified atom stereocenters. The van der Waals surface area contributed by atoms with Crippen LogP contribution < -0.4 is 14.8 Å². The maximum absolute atomic E-state index is 12.4. The fraction of sp³-hybridized carbons (Fsp3) is 0.278. The predicted molar refractivity (Wildman–Crippen MR) is 98.4 cm³/mol. The van der Waals surface area contributed by atoms with Crippen LogP contribution in [0.2, 0.25) is 0 Å². The second kappa shape index (κ2) is 8.02. The number of hydrogen-bond acceptors (Lipinski definition) is 4. The first-order chi connectivity index (χ1) is 11.8. The van der Waals surface area contributed by atoms with Crippen molar-refractivity contribution in [2.75, 3.05) is 17.6 Å². The Hall–Kier alpha value is -2.54. The van der Waals surface area contributed by atoms with E-state index in [9.17, 15) is 13.2 Å². The molecule has 7 heteroatoms. The van der Waals surface area contributed by atoms with E-state index in [1.807, 2.05) is 31.2 Å². The third-order valence-electron chi connectivity index (χ3n) is 3.56. The largest absolute Gasteiger partial charge is 0.494 e. The Bertz CT molecular complexity index is 846. The summed E-state index contributed by atoms with van der Waals surface area (Å²) in [5.74, 6) is 0.525. The maximum Gasteiger partial charge on any atom is 0.251 e. The van der Waals surface area contributed by atoms with Crippen LogP contribution in [0.5, 0.6) is 5.75 Å². The van der Waals surface area contributed by atoms with Crippen LogP contribution >= 0.6 is 0 Å². The number of benzene rings is 2. The van der Waals surface area contributed by atoms with Gasteiger partial charge in [0, 0.05) is 12.1 Å². The van der Waals surface area contributed by atoms with Crippen molar-refractivity contribution < 1.29 is 17.9 Å². The molecule has 0 heterocycles. The molecule has 0 radical (unpaired) electrons. The monoisotopic (exact) mass is 362 g/mol. The molecule has 2 N–H and O–H groups in total. The number of ether oxygens (including phenoxy) is 1. The van der Waals surface area contributed by atoms with E-state index in [4.69, 9.17) is 4.74 Å². The summed E-state index contributed by atoms with van der Waals surface area (Å²) in [6.45, 7) is 4.60. The van der Waals surface area contributed by atoms with Crippen LogP contribution in [0, 0.1) is 6.92 Å². The molecule has 2 rings (SSSR count). The summed E-state index contributed by atoms with van der Waals surface area (Å²) in [4.78, 5) is 12.4. The standard InChI is InChI=1S/C18H22N2O4S/c1-4-24-15-10-8-14(9-11-15)12-19-18(21)16-6-5-7-17(13(16)2)20-25(3,22)23/h5-11,20H,4,12H2,1-3H3,(H,19,21). The lowest BCUT2D eigenvalue weighted by Gasteiger charge is -2.12. The molecule has 0 aliphatic carbocycles. The van der Waals surface area contributed by atoms with Crippen molar-refractivity contribution in [1.82, 2.24) is 5.32 Å². The summed E-state index contributed by atoms with van der Waals surface area (Å²) >= 11 is 0. The van der Waals surface area contributed by atoms with E-state index in [0.29, 0.717) is 30.0 Å². The quantitative estimate of drug-likeness (QED) is 0.793. The Morgan fingerprint density at radius 1 is 1.12 bits per heavy atom. The van der Waals surface area contributed by atoms with Crippen molar-refractivity contribution in [3.8, 4) is 5.75 Å². The van der Waals surface area contributed by atoms with Crippen molar-refractivity contribution in [2.24, 2.45) is 0 Å². The van der Waals surface area contributed by atoms with Gasteiger partial charge in [0.15, 0.2) is 0 Å². The second-order valence-corrected chi connectivity index (χ2v) is 7.36. The lowest BCUT2D eigenvalue weighted by Crippen LogP contribution is -2.24. The maximum atomic E-state index is 12.4. The highest BCUT2D eigenvalue weighted by Gasteiger charge is 2.13. The van der Waals surface area contributed by atoms with Crippen molar-refractivity contribution in [3.63, 3.8) is 0 Å². The lowest BCUT2D eigenvalue weighted by molar-refractivity contribution is 0.0950. The number of anilines is 1. The van der Waals surface area contributed by atoms with E-state index < -0.39 is 10.0 Å². The van der Waals surface area contributed by atoms with Crippen LogP contribution in [0.1, 0.15) is 28.4 Å². The number of rotatable bonds is 7. The zero-order valence-electron chi connectivity index (χ0n) is 14.5. The van der Waals surface area contributed by atoms with E-state index in [1.165, 1.54) is 0 Å². The molecule has 0 bridgehead atoms. The molecular weight excluding hydrogens is 340 g/mol. The molecule has 0 aliphatic rings. The van der Waals surface area contributed by atoms with Gasteiger partial charge in [0.2, 0.25) is 10.0 Å². The van der Waals surface area contributed by atoms with Crippen molar-refractivity contribution in [3.05, 3.63) is 59.2 Å². The predicted octanol–water partition coefficient (Wildman–Crippen LogP) is 2.70. The van der Waals surface area contributed by atoms with Gasteiger partial charge in [0.05, 0.1) is 18.6 Å². The second-order valence-electron chi connectivity index (χ2n) is 5.61. The first-order valence-electron chi connectivity index (χ1n) is 7.87. The summed E-state index contributed by atoms with van der Waals surface area (Å²) in [5, 5.41) is 2.84. The summed E-state index contributed by atoms with van der Waals surface area (Å²) in [7, 11) is -3.40. The number of hydrogen-bond donors (Lipinski definition) is 2. The van der Waals surface area contributed by atoms with Gasteiger partial charge in [0.25, 0.3) is 5.91 Å². The highest BCUT2D eigenvalue weighted by atomic mass is 32.2. The summed E-state index contributed by atoms with van der Waals surface area (Å²) in [6.07, 6.45) is 1.07. The van der Waals surface area contributed by atoms with Gasteiger partial charge in [-0.2, -0.15) is 0 Å². The van der Waals surface area contributed by atoms with Gasteiger partial charge in [-0.1, -0.05) is 18.2 Å². The van der Waals surface area contributed by atoms with Crippen molar-refractivity contribution in [2.45, 2.75) is 20.4 Å². The summed E-state index contributed by atoms with van der Waals surface area (Å²) in [6, 6.07) is 12.4. The van der Waals surface area contributed by atoms with Crippen molar-refractivity contribution >= 4 is 21.6 Å². The molecule has 0 spiro atoms. The zero-order chi connectivity index (χ0) is 18.4. The fourth-order valence-corrected chi connectivity index (χ4v) is 2.96. The first kappa shape index (κ1) is 18.8. The van der Waals surface area contributed by atoms with Crippen LogP contribution in [0.25, 0.3) is 0 Å². The molecule has 0 atom stereocenters. The smallest absolute Gasteiger partial charge is 0.251 e. The Labute approximate surface area is 148 Å². The van der Waals surface area contributed by atoms with Gasteiger partial charge in [-0.3, -0.25) is 9.52 Å². The molecular formula is C18H22N2O4S. The first-order valence-corrected chi connectivity index (χ1v) is 9.76. The molecule has 0 aromatic heterocycles. The molecule has 2 aromatic rings. The van der Waals surface area contributed by atoms with E-state index >= 15 is 0 Å². The fourth-order valence-electron chi connectivity index (χ4n) is 2.34. The Morgan fingerprint density at radius 2 is 1.80 bits per heavy atom. The van der Waals surface area contributed by atoms with Crippen LogP contribution in [-0.4, -0.2) is 27.2 Å². The Morgan fingerprint density at radius 3 is 2.40 bits per heavy atom. The molecule has 2 aromatic carbocycles. The molecule has 134 valence electrons. The number of carbonyl (C=O) groups excluding carboxylic acids is 1. The van der Waals surface area contributed by atoms with E-state index in [2.05, 4.69) is 10.0 Å². The molecule has 0 aliphatic heterocycles. The van der Waals surface area contributed by atoms with Gasteiger partial charge >= 0.3 is 0 Å². The number of amides is 1. The highest BCUT2D eigenvalue weighted by molar-refractivity contribution is 7.92. The molecule has 0 saturated carbocycles. The third-order valence-corrected chi connectivity index (χ3v) is 4.15. The minimum absolute atomic E-state index is 0.261. The molecule has 1 amide bonds. The minimum atomic E-state index is -3.40. The molecule has 0 fully saturated rings. The van der Waals surface area contributed by atoms with Gasteiger partial charge < -0.3 is 10.1 Å². The lowest BCUT2D eigenvalue weighted by atomic mass is 10.1. The van der Waals surface area contributed by atoms with E-state index in [1.54, 1.807) is 25.1 Å². The Balaban J connectivity index is 2.07. The third kappa shape index (κ3) is 5.49. The minimum Gasteiger partial charge on any atom is -0.494 e. The molecule has 6 nitrogen and oxygen atoms in total. The average Bonchev–Trinajstić information content (AvgIpc) is 2.55. The van der Waals surface area contributed by atoms with Crippen LogP contribution in [0.15, 0.2) is 42.5 Å². The van der Waals surface area contributed by atoms with Crippen LogP contribution in [-0.2, 0) is 16.6 Å². The van der Waals surface area contributed by atoms with Gasteiger partial charge in [-0.25, -0.2) is 8.42 Å². The SMILES string of the molecule is CCOc1ccc(CNC(=O)c2cccc(NS(C)(=O)=O)c2C)cc1. The van der Waals surface area contributed by atoms with E-state index in [-0.39, 0.29) is 5.91 Å². The topological polar surface area (TPSA) is 84.5 Å². The normalized spacial score (nSPS) is 11.0. The number of carbonyl (C=O) groups is 1. The summed E-state index contributed by atoms with van der Waals surface area (Å²) < 4.78 is 30.6. The summed E-state index contributed by atoms with van der Waals surface area (Å²) in [5.41, 5.74) is 2.35. The highest BCUT2D eigenvalue weighted by Crippen LogP contribution is 2.20. The molecule has 25 heavy (non-hydrogen) atoms. The van der Waals surface area contributed by atoms with Crippen LogP contribution in [0.4, 0.5) is 5.69 Å². The van der Waals surface area contributed by atoms with Gasteiger partial charge in [0.1, 0.15) is 5.75 Å². The number of nitrogens with one attached hydrogen (secondary N) is 2. The van der Waals surface area contributed by atoms with E-state index in [0.717, 1.165) is 17.6 Å². The van der Waals surface area contributed by atoms with Crippen molar-refractivity contribution in [1.29, 1.82) is 0 Å². The number of sulfonamides is 1.